The summed E-state index contributed by atoms with van der Waals surface area (Å²) in [6.45, 7) is 0.455. The summed E-state index contributed by atoms with van der Waals surface area (Å²) in [6.07, 6.45) is -0.538. The first kappa shape index (κ1) is 13.0. The maximum Gasteiger partial charge on any atom is 0.267 e. The van der Waals surface area contributed by atoms with Crippen LogP contribution in [0.25, 0.3) is 0 Å². The Morgan fingerprint density at radius 3 is 2.95 bits per heavy atom. The Labute approximate surface area is 125 Å². The Morgan fingerprint density at radius 2 is 2.10 bits per heavy atom. The summed E-state index contributed by atoms with van der Waals surface area (Å²) in [5.41, 5.74) is 1.66. The van der Waals surface area contributed by atoms with E-state index in [1.165, 1.54) is 0 Å². The molecule has 2 aromatic rings. The van der Waals surface area contributed by atoms with Crippen molar-refractivity contribution in [1.82, 2.24) is 0 Å². The molecule has 1 aliphatic rings. The minimum atomic E-state index is -0.538. The lowest BCUT2D eigenvalue weighted by Crippen LogP contribution is -2.41. The standard InChI is InChI=1S/C15H13BrN2O2/c16-10-4-3-5-11(8-10)18-15(19)14-9-17-12-6-1-2-7-13(12)20-14/h1-8,14,17H,9H2,(H,18,19). The van der Waals surface area contributed by atoms with Crippen LogP contribution in [0, 0.1) is 0 Å². The molecule has 20 heavy (non-hydrogen) atoms. The molecule has 0 spiro atoms. The molecule has 5 heteroatoms. The largest absolute Gasteiger partial charge is 0.477 e. The molecule has 0 bridgehead atoms. The van der Waals surface area contributed by atoms with Gasteiger partial charge >= 0.3 is 0 Å². The van der Waals surface area contributed by atoms with E-state index in [0.29, 0.717) is 12.3 Å². The molecule has 1 aliphatic heterocycles. The first-order valence-electron chi connectivity index (χ1n) is 6.28. The molecule has 102 valence electrons. The first-order chi connectivity index (χ1) is 9.72. The van der Waals surface area contributed by atoms with E-state index >= 15 is 0 Å². The molecule has 0 saturated carbocycles. The van der Waals surface area contributed by atoms with Crippen molar-refractivity contribution < 1.29 is 9.53 Å². The van der Waals surface area contributed by atoms with Crippen molar-refractivity contribution in [2.75, 3.05) is 17.2 Å². The molecule has 2 N–H and O–H groups in total. The summed E-state index contributed by atoms with van der Waals surface area (Å²) >= 11 is 3.37. The predicted molar refractivity (Wildman–Crippen MR) is 82.1 cm³/mol. The van der Waals surface area contributed by atoms with Crippen molar-refractivity contribution in [2.45, 2.75) is 6.10 Å². The zero-order valence-corrected chi connectivity index (χ0v) is 12.2. The topological polar surface area (TPSA) is 50.4 Å². The fourth-order valence-corrected chi connectivity index (χ4v) is 2.45. The van der Waals surface area contributed by atoms with Gasteiger partial charge in [-0.25, -0.2) is 0 Å². The second kappa shape index (κ2) is 5.54. The van der Waals surface area contributed by atoms with Gasteiger partial charge in [-0.1, -0.05) is 34.1 Å². The van der Waals surface area contributed by atoms with E-state index in [4.69, 9.17) is 4.74 Å². The van der Waals surface area contributed by atoms with E-state index in [1.54, 1.807) is 0 Å². The van der Waals surface area contributed by atoms with Gasteiger partial charge in [-0.3, -0.25) is 4.79 Å². The van der Waals surface area contributed by atoms with E-state index in [-0.39, 0.29) is 5.91 Å². The van der Waals surface area contributed by atoms with Crippen LogP contribution in [0.4, 0.5) is 11.4 Å². The van der Waals surface area contributed by atoms with Crippen LogP contribution in [0.2, 0.25) is 0 Å². The van der Waals surface area contributed by atoms with Gasteiger partial charge in [-0.05, 0) is 30.3 Å². The van der Waals surface area contributed by atoms with Crippen molar-refractivity contribution in [3.05, 3.63) is 53.0 Å². The molecular weight excluding hydrogens is 320 g/mol. The highest BCUT2D eigenvalue weighted by Gasteiger charge is 2.25. The minimum Gasteiger partial charge on any atom is -0.477 e. The van der Waals surface area contributed by atoms with Crippen molar-refractivity contribution in [1.29, 1.82) is 0 Å². The van der Waals surface area contributed by atoms with E-state index in [9.17, 15) is 4.79 Å². The molecule has 0 aromatic heterocycles. The molecule has 1 heterocycles. The van der Waals surface area contributed by atoms with E-state index in [1.807, 2.05) is 48.5 Å². The van der Waals surface area contributed by atoms with Gasteiger partial charge in [0, 0.05) is 10.2 Å². The van der Waals surface area contributed by atoms with Crippen LogP contribution in [0.15, 0.2) is 53.0 Å². The Bertz CT molecular complexity index is 645. The molecule has 1 amide bonds. The Kier molecular flexibility index (Phi) is 3.60. The van der Waals surface area contributed by atoms with Gasteiger partial charge in [0.25, 0.3) is 5.91 Å². The fourth-order valence-electron chi connectivity index (χ4n) is 2.05. The number of anilines is 2. The monoisotopic (exact) mass is 332 g/mol. The second-order valence-electron chi connectivity index (χ2n) is 4.48. The quantitative estimate of drug-likeness (QED) is 0.887. The molecule has 0 fully saturated rings. The molecular formula is C15H13BrN2O2. The van der Waals surface area contributed by atoms with Crippen LogP contribution in [0.3, 0.4) is 0 Å². The smallest absolute Gasteiger partial charge is 0.267 e. The third kappa shape index (κ3) is 2.77. The number of carbonyl (C=O) groups excluding carboxylic acids is 1. The molecule has 4 nitrogen and oxygen atoms in total. The highest BCUT2D eigenvalue weighted by atomic mass is 79.9. The van der Waals surface area contributed by atoms with Crippen LogP contribution in [0.5, 0.6) is 5.75 Å². The van der Waals surface area contributed by atoms with Crippen LogP contribution in [-0.4, -0.2) is 18.6 Å². The maximum atomic E-state index is 12.2. The van der Waals surface area contributed by atoms with Gasteiger partial charge < -0.3 is 15.4 Å². The number of rotatable bonds is 2. The molecule has 1 atom stereocenters. The summed E-state index contributed by atoms with van der Waals surface area (Å²) in [7, 11) is 0. The van der Waals surface area contributed by atoms with Crippen LogP contribution < -0.4 is 15.4 Å². The molecule has 0 radical (unpaired) electrons. The van der Waals surface area contributed by atoms with Crippen LogP contribution in [-0.2, 0) is 4.79 Å². The third-order valence-corrected chi connectivity index (χ3v) is 3.51. The number of hydrogen-bond acceptors (Lipinski definition) is 3. The van der Waals surface area contributed by atoms with Crippen LogP contribution in [0.1, 0.15) is 0 Å². The highest BCUT2D eigenvalue weighted by Crippen LogP contribution is 2.28. The maximum absolute atomic E-state index is 12.2. The summed E-state index contributed by atoms with van der Waals surface area (Å²) in [5.74, 6) is 0.540. The van der Waals surface area contributed by atoms with Gasteiger partial charge in [0.2, 0.25) is 0 Å². The number of amides is 1. The average molecular weight is 333 g/mol. The SMILES string of the molecule is O=C(Nc1cccc(Br)c1)C1CNc2ccccc2O1. The lowest BCUT2D eigenvalue weighted by Gasteiger charge is -2.26. The normalized spacial score (nSPS) is 16.6. The van der Waals surface area contributed by atoms with Crippen molar-refractivity contribution >= 4 is 33.2 Å². The van der Waals surface area contributed by atoms with Crippen LogP contribution >= 0.6 is 15.9 Å². The Balaban J connectivity index is 1.70. The number of carbonyl (C=O) groups is 1. The lowest BCUT2D eigenvalue weighted by atomic mass is 10.2. The van der Waals surface area contributed by atoms with Crippen molar-refractivity contribution in [3.63, 3.8) is 0 Å². The summed E-state index contributed by atoms with van der Waals surface area (Å²) in [5, 5.41) is 6.05. The lowest BCUT2D eigenvalue weighted by molar-refractivity contribution is -0.122. The molecule has 1 unspecified atom stereocenters. The van der Waals surface area contributed by atoms with Crippen molar-refractivity contribution in [2.24, 2.45) is 0 Å². The van der Waals surface area contributed by atoms with E-state index < -0.39 is 6.10 Å². The Hall–Kier alpha value is -2.01. The fraction of sp³-hybridized carbons (Fsp3) is 0.133. The van der Waals surface area contributed by atoms with Crippen molar-refractivity contribution in [3.8, 4) is 5.75 Å². The van der Waals surface area contributed by atoms with Gasteiger partial charge in [0.1, 0.15) is 5.75 Å². The zero-order chi connectivity index (χ0) is 13.9. The highest BCUT2D eigenvalue weighted by molar-refractivity contribution is 9.10. The number of nitrogens with one attached hydrogen (secondary N) is 2. The summed E-state index contributed by atoms with van der Waals surface area (Å²) < 4.78 is 6.63. The first-order valence-corrected chi connectivity index (χ1v) is 7.08. The number of ether oxygens (including phenoxy) is 1. The minimum absolute atomic E-state index is 0.162. The van der Waals surface area contributed by atoms with Gasteiger partial charge in [0.05, 0.1) is 12.2 Å². The Morgan fingerprint density at radius 1 is 1.25 bits per heavy atom. The third-order valence-electron chi connectivity index (χ3n) is 3.02. The number of hydrogen-bond donors (Lipinski definition) is 2. The van der Waals surface area contributed by atoms with Gasteiger partial charge in [0.15, 0.2) is 6.10 Å². The van der Waals surface area contributed by atoms with Gasteiger partial charge in [-0.2, -0.15) is 0 Å². The molecule has 0 saturated heterocycles. The number of benzene rings is 2. The van der Waals surface area contributed by atoms with Gasteiger partial charge in [-0.15, -0.1) is 0 Å². The number of halogens is 1. The summed E-state index contributed by atoms with van der Waals surface area (Å²) in [6, 6.07) is 15.1. The predicted octanol–water partition coefficient (Wildman–Crippen LogP) is 3.26. The molecule has 3 rings (SSSR count). The van der Waals surface area contributed by atoms with E-state index in [2.05, 4.69) is 26.6 Å². The summed E-state index contributed by atoms with van der Waals surface area (Å²) in [4.78, 5) is 12.2. The second-order valence-corrected chi connectivity index (χ2v) is 5.40. The average Bonchev–Trinajstić information content (AvgIpc) is 2.47. The molecule has 2 aromatic carbocycles. The number of para-hydroxylation sites is 2. The number of fused-ring (bicyclic) bond motifs is 1. The molecule has 0 aliphatic carbocycles. The van der Waals surface area contributed by atoms with E-state index in [0.717, 1.165) is 15.8 Å². The zero-order valence-electron chi connectivity index (χ0n) is 10.6.